The zero-order valence-corrected chi connectivity index (χ0v) is 5.42. The van der Waals surface area contributed by atoms with E-state index in [2.05, 4.69) is 4.74 Å². The van der Waals surface area contributed by atoms with Gasteiger partial charge >= 0.3 is 17.1 Å². The molecule has 0 aliphatic carbocycles. The molecule has 0 aliphatic heterocycles. The molecule has 0 aromatic heterocycles. The molecular formula is C5H7CuO2. The summed E-state index contributed by atoms with van der Waals surface area (Å²) < 4.78 is 4.37. The molecule has 0 N–H and O–H groups in total. The first kappa shape index (κ1) is 10.7. The van der Waals surface area contributed by atoms with E-state index in [0.717, 1.165) is 6.08 Å². The predicted octanol–water partition coefficient (Wildman–Crippen LogP) is 0.536. The summed E-state index contributed by atoms with van der Waals surface area (Å²) >= 11 is 0. The zero-order chi connectivity index (χ0) is 5.70. The molecule has 50 valence electrons. The SMILES string of the molecule is [CH-]=CC(=O)OCC.[Cu+]. The summed E-state index contributed by atoms with van der Waals surface area (Å²) in [7, 11) is 0. The molecule has 0 bridgehead atoms. The van der Waals surface area contributed by atoms with E-state index in [1.54, 1.807) is 6.92 Å². The first-order valence-electron chi connectivity index (χ1n) is 2.03. The summed E-state index contributed by atoms with van der Waals surface area (Å²) in [6, 6.07) is 0. The van der Waals surface area contributed by atoms with Crippen molar-refractivity contribution < 1.29 is 26.6 Å². The van der Waals surface area contributed by atoms with Gasteiger partial charge in [-0.15, -0.1) is 0 Å². The fraction of sp³-hybridized carbons (Fsp3) is 0.400. The molecule has 0 unspecified atom stereocenters. The Labute approximate surface area is 59.4 Å². The molecule has 0 rings (SSSR count). The van der Waals surface area contributed by atoms with Gasteiger partial charge in [-0.25, -0.2) is 0 Å². The van der Waals surface area contributed by atoms with Crippen LogP contribution >= 0.6 is 0 Å². The van der Waals surface area contributed by atoms with Gasteiger partial charge in [0.05, 0.1) is 6.61 Å². The van der Waals surface area contributed by atoms with E-state index in [1.165, 1.54) is 0 Å². The van der Waals surface area contributed by atoms with Crippen LogP contribution in [0.15, 0.2) is 6.08 Å². The van der Waals surface area contributed by atoms with Crippen LogP contribution in [0.4, 0.5) is 0 Å². The molecule has 0 aromatic rings. The monoisotopic (exact) mass is 162 g/mol. The van der Waals surface area contributed by atoms with E-state index in [-0.39, 0.29) is 17.1 Å². The summed E-state index contributed by atoms with van der Waals surface area (Å²) in [5.74, 6) is -0.470. The molecule has 0 aliphatic rings. The van der Waals surface area contributed by atoms with E-state index in [4.69, 9.17) is 6.58 Å². The Kier molecular flexibility index (Phi) is 8.97. The minimum absolute atomic E-state index is 0. The molecule has 3 heteroatoms. The molecule has 0 fully saturated rings. The van der Waals surface area contributed by atoms with Gasteiger partial charge in [-0.05, 0) is 6.92 Å². The average Bonchev–Trinajstić information content (AvgIpc) is 1.68. The Balaban J connectivity index is 0. The second-order valence-corrected chi connectivity index (χ2v) is 0.919. The van der Waals surface area contributed by atoms with Crippen molar-refractivity contribution in [2.75, 3.05) is 6.61 Å². The number of carbonyl (C=O) groups is 1. The number of hydrogen-bond acceptors (Lipinski definition) is 2. The second kappa shape index (κ2) is 6.73. The van der Waals surface area contributed by atoms with Crippen molar-refractivity contribution in [3.63, 3.8) is 0 Å². The fourth-order valence-corrected chi connectivity index (χ4v) is 0.190. The first-order valence-corrected chi connectivity index (χ1v) is 2.03. The van der Waals surface area contributed by atoms with Gasteiger partial charge in [-0.3, -0.25) is 6.58 Å². The van der Waals surface area contributed by atoms with Gasteiger partial charge in [-0.1, -0.05) is 0 Å². The second-order valence-electron chi connectivity index (χ2n) is 0.919. The topological polar surface area (TPSA) is 26.3 Å². The Morgan fingerprint density at radius 1 is 1.88 bits per heavy atom. The molecule has 0 heterocycles. The summed E-state index contributed by atoms with van der Waals surface area (Å²) in [6.45, 7) is 6.86. The van der Waals surface area contributed by atoms with Crippen molar-refractivity contribution in [2.24, 2.45) is 0 Å². The minimum atomic E-state index is -0.470. The van der Waals surface area contributed by atoms with Crippen LogP contribution in [0.1, 0.15) is 6.92 Å². The molecule has 0 atom stereocenters. The predicted molar refractivity (Wildman–Crippen MR) is 25.5 cm³/mol. The van der Waals surface area contributed by atoms with Crippen molar-refractivity contribution in [1.29, 1.82) is 0 Å². The van der Waals surface area contributed by atoms with Crippen molar-refractivity contribution >= 4 is 5.97 Å². The molecular weight excluding hydrogens is 156 g/mol. The van der Waals surface area contributed by atoms with Crippen LogP contribution in [0.3, 0.4) is 0 Å². The maximum atomic E-state index is 10.0. The van der Waals surface area contributed by atoms with Gasteiger partial charge in [0.15, 0.2) is 5.97 Å². The van der Waals surface area contributed by atoms with Gasteiger partial charge in [0.2, 0.25) is 0 Å². The zero-order valence-electron chi connectivity index (χ0n) is 4.48. The largest absolute Gasteiger partial charge is 1.00 e. The number of hydrogen-bond donors (Lipinski definition) is 0. The third-order valence-corrected chi connectivity index (χ3v) is 0.423. The quantitative estimate of drug-likeness (QED) is 0.256. The first-order chi connectivity index (χ1) is 3.31. The van der Waals surface area contributed by atoms with E-state index >= 15 is 0 Å². The van der Waals surface area contributed by atoms with Gasteiger partial charge in [0.1, 0.15) is 0 Å². The summed E-state index contributed by atoms with van der Waals surface area (Å²) in [5.41, 5.74) is 0. The van der Waals surface area contributed by atoms with Crippen molar-refractivity contribution in [3.05, 3.63) is 12.7 Å². The standard InChI is InChI=1S/C5H7O2.Cu/c1-3-5(6)7-4-2;/h1,3H,4H2,2H3;/q-1;+1. The van der Waals surface area contributed by atoms with Crippen LogP contribution in [-0.4, -0.2) is 12.6 Å². The van der Waals surface area contributed by atoms with E-state index in [0.29, 0.717) is 6.61 Å². The Hall–Kier alpha value is -0.271. The minimum Gasteiger partial charge on any atom is -0.548 e. The Bertz CT molecular complexity index is 80.5. The molecule has 0 saturated carbocycles. The van der Waals surface area contributed by atoms with Gasteiger partial charge in [0.25, 0.3) is 0 Å². The molecule has 8 heavy (non-hydrogen) atoms. The van der Waals surface area contributed by atoms with Crippen LogP contribution in [-0.2, 0) is 26.6 Å². The van der Waals surface area contributed by atoms with E-state index in [9.17, 15) is 4.79 Å². The number of esters is 1. The Morgan fingerprint density at radius 2 is 2.38 bits per heavy atom. The maximum absolute atomic E-state index is 10.0. The Morgan fingerprint density at radius 3 is 2.50 bits per heavy atom. The number of rotatable bonds is 2. The van der Waals surface area contributed by atoms with Crippen molar-refractivity contribution in [2.45, 2.75) is 6.92 Å². The number of carbonyl (C=O) groups excluding carboxylic acids is 1. The third-order valence-electron chi connectivity index (χ3n) is 0.423. The molecule has 0 radical (unpaired) electrons. The van der Waals surface area contributed by atoms with Crippen molar-refractivity contribution in [3.8, 4) is 0 Å². The van der Waals surface area contributed by atoms with Gasteiger partial charge < -0.3 is 9.53 Å². The molecule has 0 spiro atoms. The molecule has 0 amide bonds. The van der Waals surface area contributed by atoms with E-state index < -0.39 is 5.97 Å². The van der Waals surface area contributed by atoms with Crippen molar-refractivity contribution in [1.82, 2.24) is 0 Å². The smallest absolute Gasteiger partial charge is 0.548 e. The third kappa shape index (κ3) is 5.73. The average molecular weight is 163 g/mol. The molecule has 2 nitrogen and oxygen atoms in total. The van der Waals surface area contributed by atoms with Crippen LogP contribution in [0, 0.1) is 6.58 Å². The normalized spacial score (nSPS) is 6.62. The van der Waals surface area contributed by atoms with Crippen LogP contribution in [0.25, 0.3) is 0 Å². The summed E-state index contributed by atoms with van der Waals surface area (Å²) in [6.07, 6.45) is 0.892. The number of ether oxygens (including phenoxy) is 1. The van der Waals surface area contributed by atoms with E-state index in [1.807, 2.05) is 0 Å². The molecule has 0 aromatic carbocycles. The van der Waals surface area contributed by atoms with Crippen LogP contribution in [0.2, 0.25) is 0 Å². The van der Waals surface area contributed by atoms with Crippen LogP contribution < -0.4 is 0 Å². The fourth-order valence-electron chi connectivity index (χ4n) is 0.190. The summed E-state index contributed by atoms with van der Waals surface area (Å²) in [5, 5.41) is 0. The maximum Gasteiger partial charge on any atom is 1.00 e. The van der Waals surface area contributed by atoms with Gasteiger partial charge in [-0.2, -0.15) is 6.08 Å². The van der Waals surface area contributed by atoms with Crippen LogP contribution in [0.5, 0.6) is 0 Å². The summed E-state index contributed by atoms with van der Waals surface area (Å²) in [4.78, 5) is 10.0. The molecule has 0 saturated heterocycles. The van der Waals surface area contributed by atoms with Gasteiger partial charge in [0, 0.05) is 0 Å².